The van der Waals surface area contributed by atoms with Gasteiger partial charge in [0.05, 0.1) is 41.6 Å². The third-order valence-electron chi connectivity index (χ3n) is 6.37. The maximum absolute atomic E-state index is 10.6. The summed E-state index contributed by atoms with van der Waals surface area (Å²) in [5.41, 5.74) is 4.28. The number of ether oxygens (including phenoxy) is 1. The molecule has 1 heterocycles. The molecule has 0 aromatic carbocycles. The molecule has 2 atom stereocenters. The van der Waals surface area contributed by atoms with Crippen molar-refractivity contribution in [3.8, 4) is 0 Å². The molecule has 0 aliphatic heterocycles. The highest BCUT2D eigenvalue weighted by Gasteiger charge is 2.21. The fourth-order valence-electron chi connectivity index (χ4n) is 3.47. The van der Waals surface area contributed by atoms with E-state index in [0.717, 1.165) is 37.1 Å². The van der Waals surface area contributed by atoms with Crippen LogP contribution in [0.3, 0.4) is 0 Å². The fourth-order valence-corrected chi connectivity index (χ4v) is 3.47. The van der Waals surface area contributed by atoms with E-state index in [2.05, 4.69) is 113 Å². The van der Waals surface area contributed by atoms with Crippen LogP contribution in [0.4, 0.5) is 0 Å². The van der Waals surface area contributed by atoms with Gasteiger partial charge in [-0.05, 0) is 69.8 Å². The van der Waals surface area contributed by atoms with E-state index >= 15 is 0 Å². The lowest BCUT2D eigenvalue weighted by Crippen LogP contribution is -2.26. The SMILES string of the molecule is CC(C)(C)C.CCC(CC)C(CCCC(O)c1cnc(/C=C(\C)C(C)(C)C)c(C)n1)OC(C)C.CCCC. The van der Waals surface area contributed by atoms with Gasteiger partial charge in [0.25, 0.3) is 0 Å². The van der Waals surface area contributed by atoms with E-state index in [-0.39, 0.29) is 17.6 Å². The maximum atomic E-state index is 10.6. The van der Waals surface area contributed by atoms with Crippen LogP contribution in [0, 0.1) is 23.7 Å². The van der Waals surface area contributed by atoms with Crippen molar-refractivity contribution in [2.24, 2.45) is 16.7 Å². The third kappa shape index (κ3) is 19.8. The number of aliphatic hydroxyl groups excluding tert-OH is 1. The smallest absolute Gasteiger partial charge is 0.0975 e. The highest BCUT2D eigenvalue weighted by atomic mass is 16.5. The molecule has 1 aromatic heterocycles. The molecule has 0 bridgehead atoms. The minimum Gasteiger partial charge on any atom is -0.387 e. The van der Waals surface area contributed by atoms with Gasteiger partial charge in [-0.2, -0.15) is 0 Å². The average Bonchev–Trinajstić information content (AvgIpc) is 2.79. The Kier molecular flexibility index (Phi) is 20.2. The number of nitrogens with zero attached hydrogens (tertiary/aromatic N) is 2. The predicted octanol–water partition coefficient (Wildman–Crippen LogP) is 10.5. The number of unbranched alkanes of at least 4 members (excludes halogenated alkanes) is 1. The molecule has 0 saturated heterocycles. The van der Waals surface area contributed by atoms with Crippen molar-refractivity contribution in [1.29, 1.82) is 0 Å². The molecule has 0 amide bonds. The Hall–Kier alpha value is -1.26. The van der Waals surface area contributed by atoms with Crippen molar-refractivity contribution in [2.75, 3.05) is 0 Å². The van der Waals surface area contributed by atoms with Gasteiger partial charge >= 0.3 is 0 Å². The van der Waals surface area contributed by atoms with E-state index in [9.17, 15) is 5.11 Å². The Bertz CT molecular complexity index is 745. The summed E-state index contributed by atoms with van der Waals surface area (Å²) in [7, 11) is 0. The average molecular weight is 535 g/mol. The van der Waals surface area contributed by atoms with Crippen LogP contribution in [0.25, 0.3) is 6.08 Å². The van der Waals surface area contributed by atoms with Gasteiger partial charge in [-0.1, -0.05) is 107 Å². The number of aliphatic hydroxyl groups is 1. The van der Waals surface area contributed by atoms with Gasteiger partial charge in [0.1, 0.15) is 0 Å². The predicted molar refractivity (Wildman–Crippen MR) is 168 cm³/mol. The van der Waals surface area contributed by atoms with Crippen LogP contribution in [0.1, 0.15) is 165 Å². The first-order valence-electron chi connectivity index (χ1n) is 15.3. The van der Waals surface area contributed by atoms with E-state index < -0.39 is 6.10 Å². The van der Waals surface area contributed by atoms with Gasteiger partial charge in [-0.3, -0.25) is 9.97 Å². The number of aromatic nitrogens is 2. The quantitative estimate of drug-likeness (QED) is 0.290. The van der Waals surface area contributed by atoms with Gasteiger partial charge < -0.3 is 9.84 Å². The zero-order valence-electron chi connectivity index (χ0n) is 28.2. The largest absolute Gasteiger partial charge is 0.387 e. The maximum Gasteiger partial charge on any atom is 0.0975 e. The second kappa shape index (κ2) is 19.7. The Morgan fingerprint density at radius 1 is 0.947 bits per heavy atom. The van der Waals surface area contributed by atoms with Gasteiger partial charge in [0, 0.05) is 0 Å². The minimum absolute atomic E-state index is 0.107. The van der Waals surface area contributed by atoms with Gasteiger partial charge in [-0.15, -0.1) is 0 Å². The molecule has 1 aromatic rings. The van der Waals surface area contributed by atoms with E-state index in [4.69, 9.17) is 4.74 Å². The molecule has 1 N–H and O–H groups in total. The molecule has 38 heavy (non-hydrogen) atoms. The summed E-state index contributed by atoms with van der Waals surface area (Å²) in [6.07, 6.45) is 11.2. The van der Waals surface area contributed by atoms with E-state index in [1.807, 2.05) is 6.92 Å². The zero-order chi connectivity index (χ0) is 30.1. The minimum atomic E-state index is -0.579. The Morgan fingerprint density at radius 3 is 1.82 bits per heavy atom. The number of hydrogen-bond donors (Lipinski definition) is 1. The normalized spacial score (nSPS) is 14.0. The first kappa shape index (κ1) is 38.9. The fraction of sp³-hybridized carbons (Fsp3) is 0.824. The molecule has 0 fully saturated rings. The third-order valence-corrected chi connectivity index (χ3v) is 6.37. The monoisotopic (exact) mass is 535 g/mol. The summed E-state index contributed by atoms with van der Waals surface area (Å²) < 4.78 is 6.16. The summed E-state index contributed by atoms with van der Waals surface area (Å²) in [6, 6.07) is 0. The summed E-state index contributed by atoms with van der Waals surface area (Å²) in [4.78, 5) is 9.20. The van der Waals surface area contributed by atoms with Crippen molar-refractivity contribution < 1.29 is 9.84 Å². The van der Waals surface area contributed by atoms with Crippen molar-refractivity contribution in [3.63, 3.8) is 0 Å². The molecular formula is C34H66N2O2. The highest BCUT2D eigenvalue weighted by Crippen LogP contribution is 2.28. The molecule has 0 aliphatic rings. The molecule has 0 spiro atoms. The second-order valence-electron chi connectivity index (χ2n) is 13.6. The molecule has 0 radical (unpaired) electrons. The first-order chi connectivity index (χ1) is 17.4. The van der Waals surface area contributed by atoms with Crippen molar-refractivity contribution in [3.05, 3.63) is 28.9 Å². The summed E-state index contributed by atoms with van der Waals surface area (Å²) in [5.74, 6) is 0.578. The Morgan fingerprint density at radius 2 is 1.45 bits per heavy atom. The van der Waals surface area contributed by atoms with Gasteiger partial charge in [-0.25, -0.2) is 0 Å². The number of allylic oxidation sites excluding steroid dienone is 1. The number of aryl methyl sites for hydroxylation is 1. The van der Waals surface area contributed by atoms with Crippen LogP contribution in [-0.2, 0) is 4.74 Å². The van der Waals surface area contributed by atoms with Crippen LogP contribution in [0.15, 0.2) is 11.8 Å². The number of rotatable bonds is 12. The van der Waals surface area contributed by atoms with Gasteiger partial charge in [0.2, 0.25) is 0 Å². The lowest BCUT2D eigenvalue weighted by Gasteiger charge is -2.28. The van der Waals surface area contributed by atoms with E-state index in [1.54, 1.807) is 6.20 Å². The van der Waals surface area contributed by atoms with Crippen molar-refractivity contribution in [2.45, 2.75) is 167 Å². The van der Waals surface area contributed by atoms with Crippen molar-refractivity contribution >= 4 is 6.08 Å². The first-order valence-corrected chi connectivity index (χ1v) is 15.3. The number of hydrogen-bond acceptors (Lipinski definition) is 4. The lowest BCUT2D eigenvalue weighted by atomic mass is 9.87. The lowest BCUT2D eigenvalue weighted by molar-refractivity contribution is -0.0353. The molecular weight excluding hydrogens is 468 g/mol. The summed E-state index contributed by atoms with van der Waals surface area (Å²) >= 11 is 0. The second-order valence-corrected chi connectivity index (χ2v) is 13.6. The highest BCUT2D eigenvalue weighted by molar-refractivity contribution is 5.51. The summed E-state index contributed by atoms with van der Waals surface area (Å²) in [5, 5.41) is 10.6. The molecule has 224 valence electrons. The van der Waals surface area contributed by atoms with Crippen LogP contribution in [0.5, 0.6) is 0 Å². The van der Waals surface area contributed by atoms with E-state index in [1.165, 1.54) is 18.4 Å². The van der Waals surface area contributed by atoms with Crippen LogP contribution < -0.4 is 0 Å². The Labute approximate surface area is 238 Å². The van der Waals surface area contributed by atoms with Crippen LogP contribution in [-0.4, -0.2) is 27.3 Å². The summed E-state index contributed by atoms with van der Waals surface area (Å²) in [6.45, 7) is 32.4. The molecule has 0 aliphatic carbocycles. The molecule has 4 heteroatoms. The van der Waals surface area contributed by atoms with Gasteiger partial charge in [0.15, 0.2) is 0 Å². The van der Waals surface area contributed by atoms with E-state index in [0.29, 0.717) is 23.4 Å². The zero-order valence-corrected chi connectivity index (χ0v) is 28.2. The molecule has 4 nitrogen and oxygen atoms in total. The van der Waals surface area contributed by atoms with Crippen LogP contribution >= 0.6 is 0 Å². The topological polar surface area (TPSA) is 55.2 Å². The standard InChI is InChI=1S/C25H44N2O2.C5H12.C4H10/c1-10-20(11-2)24(29-17(3)4)14-12-13-23(28)22-16-26-21(19(6)27-22)15-18(5)25(7,8)9;1-5(2,3)4;1-3-4-2/h15-17,20,23-24,28H,10-14H2,1-9H3;1-4H3;3-4H2,1-2H3/b18-15+;;. The molecule has 2 unspecified atom stereocenters. The van der Waals surface area contributed by atoms with Crippen LogP contribution in [0.2, 0.25) is 0 Å². The molecule has 1 rings (SSSR count). The Balaban J connectivity index is 0. The molecule has 0 saturated carbocycles. The van der Waals surface area contributed by atoms with Crippen molar-refractivity contribution in [1.82, 2.24) is 9.97 Å².